The molecule has 0 atom stereocenters. The molecular formula is C16H16N6O2. The third-order valence-electron chi connectivity index (χ3n) is 4.75. The number of H-pyrrole nitrogens is 1. The first-order valence-electron chi connectivity index (χ1n) is 8.07. The minimum Gasteiger partial charge on any atom is -0.477 e. The van der Waals surface area contributed by atoms with Gasteiger partial charge in [0.1, 0.15) is 23.5 Å². The maximum Gasteiger partial charge on any atom is 0.352 e. The summed E-state index contributed by atoms with van der Waals surface area (Å²) in [7, 11) is 0. The highest BCUT2D eigenvalue weighted by molar-refractivity contribution is 5.96. The molecule has 8 nitrogen and oxygen atoms in total. The van der Waals surface area contributed by atoms with Crippen LogP contribution >= 0.6 is 0 Å². The van der Waals surface area contributed by atoms with E-state index in [1.807, 2.05) is 0 Å². The van der Waals surface area contributed by atoms with Crippen LogP contribution in [-0.4, -0.2) is 42.4 Å². The van der Waals surface area contributed by atoms with Gasteiger partial charge in [-0.2, -0.15) is 5.10 Å². The fourth-order valence-electron chi connectivity index (χ4n) is 3.34. The number of carboxylic acids is 1. The topological polar surface area (TPSA) is 99.9 Å². The smallest absolute Gasteiger partial charge is 0.352 e. The summed E-state index contributed by atoms with van der Waals surface area (Å²) in [4.78, 5) is 24.7. The summed E-state index contributed by atoms with van der Waals surface area (Å²) in [6.07, 6.45) is 3.96. The summed E-state index contributed by atoms with van der Waals surface area (Å²) in [6.45, 7) is 2.32. The molecule has 122 valence electrons. The lowest BCUT2D eigenvalue weighted by Gasteiger charge is -2.28. The number of nitrogens with zero attached hydrogens (tertiary/aromatic N) is 5. The van der Waals surface area contributed by atoms with Gasteiger partial charge in [-0.25, -0.2) is 14.8 Å². The zero-order valence-corrected chi connectivity index (χ0v) is 12.9. The summed E-state index contributed by atoms with van der Waals surface area (Å²) >= 11 is 0. The predicted molar refractivity (Wildman–Crippen MR) is 86.1 cm³/mol. The van der Waals surface area contributed by atoms with Gasteiger partial charge in [-0.15, -0.1) is 0 Å². The van der Waals surface area contributed by atoms with Crippen molar-refractivity contribution in [2.75, 3.05) is 11.4 Å². The van der Waals surface area contributed by atoms with E-state index in [2.05, 4.69) is 30.6 Å². The van der Waals surface area contributed by atoms with Gasteiger partial charge in [0.2, 0.25) is 0 Å². The molecule has 0 bridgehead atoms. The zero-order valence-electron chi connectivity index (χ0n) is 12.9. The van der Waals surface area contributed by atoms with Crippen LogP contribution in [0.1, 0.15) is 40.6 Å². The van der Waals surface area contributed by atoms with Crippen molar-refractivity contribution in [3.8, 4) is 0 Å². The molecule has 8 heteroatoms. The Balaban J connectivity index is 1.52. The number of hydrogen-bond donors (Lipinski definition) is 2. The van der Waals surface area contributed by atoms with E-state index in [-0.39, 0.29) is 5.69 Å². The van der Waals surface area contributed by atoms with E-state index in [1.165, 1.54) is 30.6 Å². The Morgan fingerprint density at radius 3 is 2.92 bits per heavy atom. The third-order valence-corrected chi connectivity index (χ3v) is 4.75. The summed E-state index contributed by atoms with van der Waals surface area (Å²) < 4.78 is 2.09. The highest BCUT2D eigenvalue weighted by atomic mass is 16.4. The third kappa shape index (κ3) is 2.06. The molecule has 5 rings (SSSR count). The van der Waals surface area contributed by atoms with Gasteiger partial charge in [0.05, 0.1) is 29.9 Å². The molecule has 0 spiro atoms. The van der Waals surface area contributed by atoms with E-state index in [0.717, 1.165) is 30.8 Å². The van der Waals surface area contributed by atoms with E-state index in [0.29, 0.717) is 11.6 Å². The summed E-state index contributed by atoms with van der Waals surface area (Å²) in [6, 6.07) is 3.80. The SMILES string of the molecule is O=C(O)c1cc2c(N3CCn4nc(C5CC5)cc4C3)ncnc2[nH]1. The standard InChI is InChI=1S/C16H16N6O2/c23-16(24)13-6-11-14(19-13)17-8-18-15(11)21-3-4-22-10(7-21)5-12(20-22)9-1-2-9/h5-6,8-9H,1-4,7H2,(H,23,24)(H,17,18,19). The Bertz CT molecular complexity index is 955. The quantitative estimate of drug-likeness (QED) is 0.761. The van der Waals surface area contributed by atoms with Crippen LogP contribution in [0.15, 0.2) is 18.5 Å². The molecule has 24 heavy (non-hydrogen) atoms. The highest BCUT2D eigenvalue weighted by Gasteiger charge is 2.29. The predicted octanol–water partition coefficient (Wildman–Crippen LogP) is 1.75. The number of rotatable bonds is 3. The molecule has 0 saturated heterocycles. The van der Waals surface area contributed by atoms with Crippen LogP contribution in [0.4, 0.5) is 5.82 Å². The number of hydrogen-bond acceptors (Lipinski definition) is 5. The Kier molecular flexibility index (Phi) is 2.70. The second-order valence-corrected chi connectivity index (χ2v) is 6.43. The first-order chi connectivity index (χ1) is 11.7. The molecule has 1 aliphatic carbocycles. The average molecular weight is 324 g/mol. The highest BCUT2D eigenvalue weighted by Crippen LogP contribution is 2.40. The summed E-state index contributed by atoms with van der Waals surface area (Å²) in [5.74, 6) is 0.416. The minimum atomic E-state index is -0.996. The fraction of sp³-hybridized carbons (Fsp3) is 0.375. The number of aromatic carboxylic acids is 1. The first-order valence-corrected chi connectivity index (χ1v) is 8.07. The molecule has 0 radical (unpaired) electrons. The lowest BCUT2D eigenvalue weighted by atomic mass is 10.2. The van der Waals surface area contributed by atoms with Gasteiger partial charge in [0.25, 0.3) is 0 Å². The van der Waals surface area contributed by atoms with Gasteiger partial charge in [-0.1, -0.05) is 0 Å². The van der Waals surface area contributed by atoms with E-state index in [9.17, 15) is 9.90 Å². The number of fused-ring (bicyclic) bond motifs is 2. The average Bonchev–Trinajstić information content (AvgIpc) is 3.19. The number of carboxylic acid groups (broad SMARTS) is 1. The summed E-state index contributed by atoms with van der Waals surface area (Å²) in [5, 5.41) is 14.6. The van der Waals surface area contributed by atoms with Crippen LogP contribution in [0, 0.1) is 0 Å². The summed E-state index contributed by atoms with van der Waals surface area (Å²) in [5.41, 5.74) is 3.07. The maximum absolute atomic E-state index is 11.2. The Morgan fingerprint density at radius 2 is 2.12 bits per heavy atom. The van der Waals surface area contributed by atoms with Crippen molar-refractivity contribution < 1.29 is 9.90 Å². The molecule has 0 amide bonds. The zero-order chi connectivity index (χ0) is 16.3. The molecule has 1 saturated carbocycles. The maximum atomic E-state index is 11.2. The molecule has 0 unspecified atom stereocenters. The number of aromatic nitrogens is 5. The molecule has 4 heterocycles. The number of carbonyl (C=O) groups is 1. The van der Waals surface area contributed by atoms with Gasteiger partial charge in [-0.05, 0) is 25.0 Å². The van der Waals surface area contributed by atoms with Crippen molar-refractivity contribution >= 4 is 22.8 Å². The van der Waals surface area contributed by atoms with Crippen molar-refractivity contribution in [2.45, 2.75) is 31.8 Å². The normalized spacial score (nSPS) is 17.2. The van der Waals surface area contributed by atoms with Gasteiger partial charge >= 0.3 is 5.97 Å². The molecule has 1 aliphatic heterocycles. The van der Waals surface area contributed by atoms with E-state index >= 15 is 0 Å². The molecule has 3 aromatic heterocycles. The van der Waals surface area contributed by atoms with E-state index in [4.69, 9.17) is 5.10 Å². The lowest BCUT2D eigenvalue weighted by Crippen LogP contribution is -2.34. The Morgan fingerprint density at radius 1 is 1.25 bits per heavy atom. The van der Waals surface area contributed by atoms with Gasteiger partial charge in [-0.3, -0.25) is 4.68 Å². The van der Waals surface area contributed by atoms with Crippen LogP contribution in [0.5, 0.6) is 0 Å². The van der Waals surface area contributed by atoms with E-state index in [1.54, 1.807) is 6.07 Å². The van der Waals surface area contributed by atoms with Crippen molar-refractivity contribution in [3.63, 3.8) is 0 Å². The molecule has 3 aromatic rings. The van der Waals surface area contributed by atoms with Crippen LogP contribution in [0.2, 0.25) is 0 Å². The number of aromatic amines is 1. The molecular weight excluding hydrogens is 308 g/mol. The van der Waals surface area contributed by atoms with Crippen LogP contribution < -0.4 is 4.90 Å². The number of nitrogens with one attached hydrogen (secondary N) is 1. The van der Waals surface area contributed by atoms with Crippen molar-refractivity contribution in [3.05, 3.63) is 35.5 Å². The second kappa shape index (κ2) is 4.80. The first kappa shape index (κ1) is 13.5. The Labute approximate surface area is 137 Å². The molecule has 2 N–H and O–H groups in total. The van der Waals surface area contributed by atoms with Crippen molar-refractivity contribution in [1.29, 1.82) is 0 Å². The molecule has 0 aromatic carbocycles. The van der Waals surface area contributed by atoms with Crippen molar-refractivity contribution in [1.82, 2.24) is 24.7 Å². The van der Waals surface area contributed by atoms with Gasteiger partial charge in [0.15, 0.2) is 0 Å². The van der Waals surface area contributed by atoms with Gasteiger partial charge in [0, 0.05) is 12.5 Å². The van der Waals surface area contributed by atoms with Crippen LogP contribution in [-0.2, 0) is 13.1 Å². The largest absolute Gasteiger partial charge is 0.477 e. The molecule has 1 fully saturated rings. The van der Waals surface area contributed by atoms with Crippen LogP contribution in [0.25, 0.3) is 11.0 Å². The van der Waals surface area contributed by atoms with Gasteiger partial charge < -0.3 is 15.0 Å². The van der Waals surface area contributed by atoms with E-state index < -0.39 is 5.97 Å². The van der Waals surface area contributed by atoms with Crippen LogP contribution in [0.3, 0.4) is 0 Å². The monoisotopic (exact) mass is 324 g/mol. The Hall–Kier alpha value is -2.90. The molecule has 2 aliphatic rings. The number of anilines is 1. The lowest BCUT2D eigenvalue weighted by molar-refractivity contribution is 0.0691. The minimum absolute atomic E-state index is 0.129. The second-order valence-electron chi connectivity index (χ2n) is 6.43. The van der Waals surface area contributed by atoms with Crippen molar-refractivity contribution in [2.24, 2.45) is 0 Å². The fourth-order valence-corrected chi connectivity index (χ4v) is 3.34.